The Morgan fingerprint density at radius 1 is 1.75 bits per heavy atom. The molecule has 16 heavy (non-hydrogen) atoms. The molecule has 0 N–H and O–H groups in total. The fraction of sp³-hybridized carbons (Fsp3) is 0.667. The van der Waals surface area contributed by atoms with Crippen LogP contribution in [0.5, 0.6) is 0 Å². The molecule has 0 aromatic heterocycles. The van der Waals surface area contributed by atoms with E-state index in [1.165, 1.54) is 0 Å². The van der Waals surface area contributed by atoms with E-state index in [1.54, 1.807) is 13.0 Å². The number of carbonyl (C=O) groups excluding carboxylic acids is 1. The summed E-state index contributed by atoms with van der Waals surface area (Å²) < 4.78 is 5.10. The molecule has 0 radical (unpaired) electrons. The quantitative estimate of drug-likeness (QED) is 0.534. The van der Waals surface area contributed by atoms with Crippen LogP contribution in [0.4, 0.5) is 0 Å². The topological polar surface area (TPSA) is 53.3 Å². The molecule has 1 rings (SSSR count). The number of likely N-dealkylation sites (tertiary alicyclic amines) is 1. The summed E-state index contributed by atoms with van der Waals surface area (Å²) in [5.74, 6) is -0.646. The lowest BCUT2D eigenvalue weighted by atomic mass is 9.85. The zero-order valence-corrected chi connectivity index (χ0v) is 10.1. The minimum Gasteiger partial charge on any atom is -0.464 e. The first kappa shape index (κ1) is 12.7. The second-order valence-electron chi connectivity index (χ2n) is 3.94. The Balaban J connectivity index is 3.12. The summed E-state index contributed by atoms with van der Waals surface area (Å²) in [5, 5.41) is 9.14. The van der Waals surface area contributed by atoms with Gasteiger partial charge in [0.15, 0.2) is 5.54 Å². The van der Waals surface area contributed by atoms with E-state index in [1.807, 2.05) is 24.9 Å². The monoisotopic (exact) mass is 222 g/mol. The van der Waals surface area contributed by atoms with Gasteiger partial charge >= 0.3 is 5.97 Å². The highest BCUT2D eigenvalue weighted by Gasteiger charge is 2.52. The van der Waals surface area contributed by atoms with Gasteiger partial charge in [-0.25, -0.2) is 4.79 Å². The lowest BCUT2D eigenvalue weighted by molar-refractivity contribution is -0.153. The molecule has 0 bridgehead atoms. The van der Waals surface area contributed by atoms with Crippen LogP contribution < -0.4 is 0 Å². The highest BCUT2D eigenvalue weighted by atomic mass is 16.5. The van der Waals surface area contributed by atoms with Crippen molar-refractivity contribution >= 4 is 5.97 Å². The molecule has 1 heterocycles. The third-order valence-electron chi connectivity index (χ3n) is 3.10. The zero-order valence-electron chi connectivity index (χ0n) is 10.1. The van der Waals surface area contributed by atoms with Crippen LogP contribution >= 0.6 is 0 Å². The van der Waals surface area contributed by atoms with Crippen molar-refractivity contribution in [2.45, 2.75) is 25.8 Å². The molecule has 0 aliphatic carbocycles. The lowest BCUT2D eigenvalue weighted by Gasteiger charge is -2.32. The van der Waals surface area contributed by atoms with Crippen LogP contribution in [0.25, 0.3) is 0 Å². The molecule has 0 unspecified atom stereocenters. The number of hydrogen-bond donors (Lipinski definition) is 0. The molecule has 0 spiro atoms. The lowest BCUT2D eigenvalue weighted by Crippen LogP contribution is -2.52. The second kappa shape index (κ2) is 5.13. The van der Waals surface area contributed by atoms with Crippen LogP contribution in [0.15, 0.2) is 12.2 Å². The van der Waals surface area contributed by atoms with E-state index in [0.29, 0.717) is 13.0 Å². The van der Waals surface area contributed by atoms with Gasteiger partial charge in [-0.3, -0.25) is 4.90 Å². The molecule has 4 nitrogen and oxygen atoms in total. The van der Waals surface area contributed by atoms with Gasteiger partial charge in [0.1, 0.15) is 0 Å². The molecule has 0 aromatic rings. The zero-order chi connectivity index (χ0) is 12.2. The van der Waals surface area contributed by atoms with Crippen molar-refractivity contribution in [3.8, 4) is 6.07 Å². The van der Waals surface area contributed by atoms with Gasteiger partial charge in [0.2, 0.25) is 0 Å². The number of esters is 1. The highest BCUT2D eigenvalue weighted by molar-refractivity contribution is 5.85. The molecular weight excluding hydrogens is 204 g/mol. The van der Waals surface area contributed by atoms with Crippen molar-refractivity contribution in [3.05, 3.63) is 12.2 Å². The smallest absolute Gasteiger partial charge is 0.331 e. The van der Waals surface area contributed by atoms with Gasteiger partial charge in [0.05, 0.1) is 18.6 Å². The van der Waals surface area contributed by atoms with E-state index in [2.05, 4.69) is 6.07 Å². The average Bonchev–Trinajstić information content (AvgIpc) is 2.58. The number of carbonyl (C=O) groups is 1. The molecule has 0 saturated carbocycles. The van der Waals surface area contributed by atoms with Gasteiger partial charge in [0, 0.05) is 6.54 Å². The molecule has 4 heteroatoms. The molecule has 0 aromatic carbocycles. The summed E-state index contributed by atoms with van der Waals surface area (Å²) >= 11 is 0. The second-order valence-corrected chi connectivity index (χ2v) is 3.94. The van der Waals surface area contributed by atoms with Crippen LogP contribution in [-0.2, 0) is 9.53 Å². The molecule has 1 fully saturated rings. The largest absolute Gasteiger partial charge is 0.464 e. The Kier molecular flexibility index (Phi) is 4.08. The third kappa shape index (κ3) is 1.83. The molecular formula is C12H18N2O2. The van der Waals surface area contributed by atoms with Gasteiger partial charge in [-0.05, 0) is 27.3 Å². The number of hydrogen-bond acceptors (Lipinski definition) is 4. The summed E-state index contributed by atoms with van der Waals surface area (Å²) in [6.07, 6.45) is 4.30. The van der Waals surface area contributed by atoms with E-state index < -0.39 is 5.54 Å². The van der Waals surface area contributed by atoms with Crippen LogP contribution in [-0.4, -0.2) is 36.6 Å². The summed E-state index contributed by atoms with van der Waals surface area (Å²) in [5.41, 5.74) is -0.889. The minimum absolute atomic E-state index is 0.320. The molecule has 1 aliphatic heterocycles. The number of nitrogens with zero attached hydrogens (tertiary/aromatic N) is 2. The Bertz CT molecular complexity index is 332. The number of likely N-dealkylation sites (N-methyl/N-ethyl adjacent to an activating group) is 1. The third-order valence-corrected chi connectivity index (χ3v) is 3.10. The van der Waals surface area contributed by atoms with Gasteiger partial charge in [-0.1, -0.05) is 12.2 Å². The van der Waals surface area contributed by atoms with E-state index in [9.17, 15) is 4.79 Å². The van der Waals surface area contributed by atoms with Crippen molar-refractivity contribution in [2.24, 2.45) is 5.92 Å². The fourth-order valence-electron chi connectivity index (χ4n) is 2.27. The van der Waals surface area contributed by atoms with Crippen molar-refractivity contribution < 1.29 is 9.53 Å². The number of ether oxygens (including phenoxy) is 1. The van der Waals surface area contributed by atoms with Gasteiger partial charge in [-0.2, -0.15) is 5.26 Å². The van der Waals surface area contributed by atoms with E-state index in [-0.39, 0.29) is 11.9 Å². The predicted molar refractivity (Wildman–Crippen MR) is 60.5 cm³/mol. The minimum atomic E-state index is -0.889. The maximum Gasteiger partial charge on any atom is 0.331 e. The van der Waals surface area contributed by atoms with Crippen molar-refractivity contribution in [1.29, 1.82) is 5.26 Å². The first-order valence-corrected chi connectivity index (χ1v) is 5.55. The maximum atomic E-state index is 12.1. The molecule has 0 amide bonds. The first-order valence-electron chi connectivity index (χ1n) is 5.55. The number of allylic oxidation sites excluding steroid dienone is 1. The predicted octanol–water partition coefficient (Wildman–Crippen LogP) is 1.34. The van der Waals surface area contributed by atoms with Gasteiger partial charge < -0.3 is 4.74 Å². The summed E-state index contributed by atoms with van der Waals surface area (Å²) in [4.78, 5) is 14.0. The number of nitriles is 1. The van der Waals surface area contributed by atoms with Crippen LogP contribution in [0.3, 0.4) is 0 Å². The SMILES string of the molecule is C/C=C\[C@@]1(C(=O)OCC)[C@@H](C#N)CCN1C. The van der Waals surface area contributed by atoms with Crippen molar-refractivity contribution in [2.75, 3.05) is 20.2 Å². The maximum absolute atomic E-state index is 12.1. The summed E-state index contributed by atoms with van der Waals surface area (Å²) in [6, 6.07) is 2.22. The van der Waals surface area contributed by atoms with E-state index in [0.717, 1.165) is 6.54 Å². The molecule has 1 saturated heterocycles. The van der Waals surface area contributed by atoms with Gasteiger partial charge in [-0.15, -0.1) is 0 Å². The normalized spacial score (nSPS) is 30.5. The molecule has 1 aliphatic rings. The fourth-order valence-corrected chi connectivity index (χ4v) is 2.27. The van der Waals surface area contributed by atoms with Crippen LogP contribution in [0, 0.1) is 17.2 Å². The standard InChI is InChI=1S/C12H18N2O2/c1-4-7-12(11(15)16-5-2)10(9-13)6-8-14(12)3/h4,7,10H,5-6,8H2,1-3H3/b7-4-/t10-,12+/m1/s1. The Labute approximate surface area is 96.5 Å². The Hall–Kier alpha value is -1.34. The van der Waals surface area contributed by atoms with Crippen LogP contribution in [0.2, 0.25) is 0 Å². The van der Waals surface area contributed by atoms with Crippen molar-refractivity contribution in [1.82, 2.24) is 4.90 Å². The summed E-state index contributed by atoms with van der Waals surface area (Å²) in [6.45, 7) is 4.70. The Morgan fingerprint density at radius 2 is 2.44 bits per heavy atom. The average molecular weight is 222 g/mol. The number of rotatable bonds is 3. The van der Waals surface area contributed by atoms with E-state index in [4.69, 9.17) is 10.00 Å². The van der Waals surface area contributed by atoms with Gasteiger partial charge in [0.25, 0.3) is 0 Å². The van der Waals surface area contributed by atoms with Crippen LogP contribution in [0.1, 0.15) is 20.3 Å². The summed E-state index contributed by atoms with van der Waals surface area (Å²) in [7, 11) is 1.86. The molecule has 88 valence electrons. The Morgan fingerprint density at radius 3 is 2.94 bits per heavy atom. The van der Waals surface area contributed by atoms with E-state index >= 15 is 0 Å². The van der Waals surface area contributed by atoms with Crippen molar-refractivity contribution in [3.63, 3.8) is 0 Å². The first-order chi connectivity index (χ1) is 7.63. The highest BCUT2D eigenvalue weighted by Crippen LogP contribution is 2.36. The molecule has 2 atom stereocenters.